The molecule has 6 nitrogen and oxygen atoms in total. The topological polar surface area (TPSA) is 95.3 Å². The SMILES string of the molecule is Cc1cc(O)c2c(C)c(CC(=O)NCCc3c[nH]c4ccccc34)c(=O)oc2c1. The van der Waals surface area contributed by atoms with Crippen LogP contribution in [0.2, 0.25) is 0 Å². The number of phenols is 1. The number of amides is 1. The van der Waals surface area contributed by atoms with Gasteiger partial charge in [-0.1, -0.05) is 18.2 Å². The van der Waals surface area contributed by atoms with Crippen LogP contribution in [-0.4, -0.2) is 22.5 Å². The molecule has 2 heterocycles. The number of aromatic hydroxyl groups is 1. The average Bonchev–Trinajstić information content (AvgIpc) is 3.07. The summed E-state index contributed by atoms with van der Waals surface area (Å²) in [6.45, 7) is 4.00. The number of carbonyl (C=O) groups excluding carboxylic acids is 1. The third-order valence-electron chi connectivity index (χ3n) is 5.23. The fourth-order valence-electron chi connectivity index (χ4n) is 3.76. The Morgan fingerprint density at radius 3 is 2.83 bits per heavy atom. The lowest BCUT2D eigenvalue weighted by Gasteiger charge is -2.10. The molecule has 0 atom stereocenters. The second-order valence-corrected chi connectivity index (χ2v) is 7.29. The number of rotatable bonds is 5. The standard InChI is InChI=1S/C23H22N2O4/c1-13-9-19(26)22-14(2)17(23(28)29-20(22)10-13)11-21(27)24-8-7-15-12-25-18-6-4-3-5-16(15)18/h3-6,9-10,12,25-26H,7-8,11H2,1-2H3,(H,24,27). The highest BCUT2D eigenvalue weighted by atomic mass is 16.4. The summed E-state index contributed by atoms with van der Waals surface area (Å²) in [7, 11) is 0. The van der Waals surface area contributed by atoms with Crippen LogP contribution < -0.4 is 10.9 Å². The molecule has 0 aliphatic heterocycles. The Morgan fingerprint density at radius 2 is 2.00 bits per heavy atom. The largest absolute Gasteiger partial charge is 0.507 e. The maximum absolute atomic E-state index is 12.4. The number of fused-ring (bicyclic) bond motifs is 2. The van der Waals surface area contributed by atoms with Crippen LogP contribution in [0.25, 0.3) is 21.9 Å². The van der Waals surface area contributed by atoms with E-state index in [4.69, 9.17) is 4.42 Å². The van der Waals surface area contributed by atoms with Gasteiger partial charge in [0, 0.05) is 23.6 Å². The van der Waals surface area contributed by atoms with Gasteiger partial charge in [-0.2, -0.15) is 0 Å². The molecule has 2 aromatic carbocycles. The van der Waals surface area contributed by atoms with Crippen LogP contribution in [-0.2, 0) is 17.6 Å². The highest BCUT2D eigenvalue weighted by Gasteiger charge is 2.17. The number of hydrogen-bond donors (Lipinski definition) is 3. The number of H-pyrrole nitrogens is 1. The summed E-state index contributed by atoms with van der Waals surface area (Å²) >= 11 is 0. The molecule has 0 fully saturated rings. The van der Waals surface area contributed by atoms with Crippen LogP contribution in [0.1, 0.15) is 22.3 Å². The Morgan fingerprint density at radius 1 is 1.21 bits per heavy atom. The molecule has 0 aliphatic rings. The van der Waals surface area contributed by atoms with Gasteiger partial charge in [-0.15, -0.1) is 0 Å². The molecule has 3 N–H and O–H groups in total. The first kappa shape index (κ1) is 18.8. The lowest BCUT2D eigenvalue weighted by atomic mass is 10.0. The number of aromatic nitrogens is 1. The molecule has 29 heavy (non-hydrogen) atoms. The van der Waals surface area contributed by atoms with Crippen molar-refractivity contribution in [1.82, 2.24) is 10.3 Å². The zero-order valence-corrected chi connectivity index (χ0v) is 16.3. The van der Waals surface area contributed by atoms with Gasteiger partial charge in [-0.25, -0.2) is 4.79 Å². The molecule has 1 amide bonds. The number of aromatic amines is 1. The molecule has 4 rings (SSSR count). The van der Waals surface area contributed by atoms with Crippen molar-refractivity contribution in [3.63, 3.8) is 0 Å². The van der Waals surface area contributed by atoms with E-state index >= 15 is 0 Å². The van der Waals surface area contributed by atoms with Crippen molar-refractivity contribution < 1.29 is 14.3 Å². The van der Waals surface area contributed by atoms with E-state index in [1.54, 1.807) is 19.1 Å². The van der Waals surface area contributed by atoms with Crippen LogP contribution in [0, 0.1) is 13.8 Å². The normalized spacial score (nSPS) is 11.2. The van der Waals surface area contributed by atoms with Crippen LogP contribution in [0.5, 0.6) is 5.75 Å². The molecule has 0 bridgehead atoms. The number of aryl methyl sites for hydroxylation is 2. The summed E-state index contributed by atoms with van der Waals surface area (Å²) in [5.74, 6) is -0.214. The lowest BCUT2D eigenvalue weighted by Crippen LogP contribution is -2.29. The van der Waals surface area contributed by atoms with Gasteiger partial charge in [0.1, 0.15) is 11.3 Å². The second kappa shape index (κ2) is 7.47. The van der Waals surface area contributed by atoms with Gasteiger partial charge >= 0.3 is 5.63 Å². The summed E-state index contributed by atoms with van der Waals surface area (Å²) < 4.78 is 5.35. The molecule has 0 radical (unpaired) electrons. The van der Waals surface area contributed by atoms with E-state index in [0.717, 1.165) is 22.0 Å². The molecule has 0 spiro atoms. The van der Waals surface area contributed by atoms with E-state index in [9.17, 15) is 14.7 Å². The number of phenolic OH excluding ortho intramolecular Hbond substituents is 1. The number of para-hydroxylation sites is 1. The van der Waals surface area contributed by atoms with Gasteiger partial charge in [-0.3, -0.25) is 4.79 Å². The quantitative estimate of drug-likeness (QED) is 0.455. The Hall–Kier alpha value is -3.54. The van der Waals surface area contributed by atoms with Crippen molar-refractivity contribution >= 4 is 27.8 Å². The van der Waals surface area contributed by atoms with Crippen molar-refractivity contribution in [2.24, 2.45) is 0 Å². The van der Waals surface area contributed by atoms with E-state index < -0.39 is 5.63 Å². The van der Waals surface area contributed by atoms with Crippen molar-refractivity contribution in [1.29, 1.82) is 0 Å². The highest BCUT2D eigenvalue weighted by molar-refractivity contribution is 5.89. The Labute approximate surface area is 167 Å². The van der Waals surface area contributed by atoms with Crippen molar-refractivity contribution in [2.75, 3.05) is 6.54 Å². The summed E-state index contributed by atoms with van der Waals surface area (Å²) in [5, 5.41) is 14.7. The molecule has 0 aliphatic carbocycles. The Balaban J connectivity index is 1.48. The first-order valence-corrected chi connectivity index (χ1v) is 9.51. The zero-order chi connectivity index (χ0) is 20.5. The van der Waals surface area contributed by atoms with Crippen molar-refractivity contribution in [2.45, 2.75) is 26.7 Å². The first-order chi connectivity index (χ1) is 13.9. The van der Waals surface area contributed by atoms with E-state index in [0.29, 0.717) is 29.5 Å². The van der Waals surface area contributed by atoms with Gasteiger partial charge in [0.15, 0.2) is 0 Å². The van der Waals surface area contributed by atoms with E-state index in [1.165, 1.54) is 0 Å². The summed E-state index contributed by atoms with van der Waals surface area (Å²) in [6, 6.07) is 11.3. The van der Waals surface area contributed by atoms with Crippen LogP contribution in [0.15, 0.2) is 51.8 Å². The second-order valence-electron chi connectivity index (χ2n) is 7.29. The third-order valence-corrected chi connectivity index (χ3v) is 5.23. The van der Waals surface area contributed by atoms with Crippen LogP contribution >= 0.6 is 0 Å². The maximum Gasteiger partial charge on any atom is 0.340 e. The fraction of sp³-hybridized carbons (Fsp3) is 0.217. The number of benzene rings is 2. The minimum Gasteiger partial charge on any atom is -0.507 e. The molecular formula is C23H22N2O4. The van der Waals surface area contributed by atoms with Crippen LogP contribution in [0.4, 0.5) is 0 Å². The zero-order valence-electron chi connectivity index (χ0n) is 16.3. The van der Waals surface area contributed by atoms with Gasteiger partial charge in [0.2, 0.25) is 5.91 Å². The third kappa shape index (κ3) is 3.61. The smallest absolute Gasteiger partial charge is 0.340 e. The summed E-state index contributed by atoms with van der Waals surface area (Å²) in [5.41, 5.74) is 3.60. The van der Waals surface area contributed by atoms with E-state index in [2.05, 4.69) is 10.3 Å². The Kier molecular flexibility index (Phi) is 4.84. The molecule has 2 aromatic heterocycles. The number of hydrogen-bond acceptors (Lipinski definition) is 4. The average molecular weight is 390 g/mol. The molecule has 0 unspecified atom stereocenters. The molecule has 4 aromatic rings. The molecule has 148 valence electrons. The molecule has 6 heteroatoms. The van der Waals surface area contributed by atoms with Gasteiger partial charge in [-0.05, 0) is 55.2 Å². The van der Waals surface area contributed by atoms with Gasteiger partial charge < -0.3 is 19.8 Å². The van der Waals surface area contributed by atoms with Gasteiger partial charge in [0.25, 0.3) is 0 Å². The minimum atomic E-state index is -0.549. The number of nitrogens with one attached hydrogen (secondary N) is 2. The Bertz CT molecular complexity index is 1280. The van der Waals surface area contributed by atoms with Gasteiger partial charge in [0.05, 0.1) is 17.4 Å². The van der Waals surface area contributed by atoms with E-state index in [1.807, 2.05) is 37.4 Å². The highest BCUT2D eigenvalue weighted by Crippen LogP contribution is 2.29. The molecule has 0 saturated carbocycles. The van der Waals surface area contributed by atoms with Crippen molar-refractivity contribution in [3.8, 4) is 5.75 Å². The number of carbonyl (C=O) groups is 1. The molecule has 0 saturated heterocycles. The first-order valence-electron chi connectivity index (χ1n) is 9.51. The lowest BCUT2D eigenvalue weighted by molar-refractivity contribution is -0.120. The summed E-state index contributed by atoms with van der Waals surface area (Å²) in [4.78, 5) is 28.0. The molecular weight excluding hydrogens is 368 g/mol. The monoisotopic (exact) mass is 390 g/mol. The van der Waals surface area contributed by atoms with Crippen LogP contribution in [0.3, 0.4) is 0 Å². The predicted octanol–water partition coefficient (Wildman–Crippen LogP) is 3.50. The van der Waals surface area contributed by atoms with Crippen molar-refractivity contribution in [3.05, 3.63) is 75.3 Å². The maximum atomic E-state index is 12.4. The fourth-order valence-corrected chi connectivity index (χ4v) is 3.76. The minimum absolute atomic E-state index is 0.0437. The summed E-state index contributed by atoms with van der Waals surface area (Å²) in [6.07, 6.45) is 2.54. The predicted molar refractivity (Wildman–Crippen MR) is 112 cm³/mol. The van der Waals surface area contributed by atoms with E-state index in [-0.39, 0.29) is 23.6 Å².